The van der Waals surface area contributed by atoms with Gasteiger partial charge >= 0.3 is 0 Å². The Kier molecular flexibility index (Phi) is 8.02. The summed E-state index contributed by atoms with van der Waals surface area (Å²) < 4.78 is 25.3. The van der Waals surface area contributed by atoms with Crippen LogP contribution in [0.3, 0.4) is 0 Å². The van der Waals surface area contributed by atoms with E-state index < -0.39 is 0 Å². The first-order chi connectivity index (χ1) is 17.7. The van der Waals surface area contributed by atoms with Gasteiger partial charge in [0, 0.05) is 23.1 Å². The Labute approximate surface area is 227 Å². The Hall–Kier alpha value is -3.90. The molecular weight excluding hydrogens is 501 g/mol. The van der Waals surface area contributed by atoms with E-state index in [2.05, 4.69) is 36.1 Å². The number of nitrogens with zero attached hydrogens (tertiary/aromatic N) is 2. The molecule has 2 heterocycles. The number of halogens is 2. The zero-order valence-electron chi connectivity index (χ0n) is 20.9. The fourth-order valence-electron chi connectivity index (χ4n) is 4.08. The number of nitrogens with one attached hydrogen (secondary N) is 1. The first-order valence-electron chi connectivity index (χ1n) is 12.0. The van der Waals surface area contributed by atoms with Crippen LogP contribution in [0.1, 0.15) is 39.5 Å². The quantitative estimate of drug-likeness (QED) is 0.227. The average Bonchev–Trinajstić information content (AvgIpc) is 3.30. The van der Waals surface area contributed by atoms with Crippen LogP contribution in [0.25, 0.3) is 22.2 Å². The lowest BCUT2D eigenvalue weighted by Crippen LogP contribution is -2.08. The minimum absolute atomic E-state index is 0. The third kappa shape index (κ3) is 6.50. The van der Waals surface area contributed by atoms with Gasteiger partial charge in [0.2, 0.25) is 0 Å². The lowest BCUT2D eigenvalue weighted by Gasteiger charge is -2.15. The number of hydrogen-bond acceptors (Lipinski definition) is 5. The van der Waals surface area contributed by atoms with E-state index in [0.717, 1.165) is 45.7 Å². The lowest BCUT2D eigenvalue weighted by molar-refractivity contribution is 0.306. The van der Waals surface area contributed by atoms with Crippen LogP contribution in [-0.2, 0) is 13.0 Å². The molecule has 0 spiro atoms. The largest absolute Gasteiger partial charge is 0.487 e. The van der Waals surface area contributed by atoms with E-state index in [9.17, 15) is 4.39 Å². The lowest BCUT2D eigenvalue weighted by atomic mass is 9.91. The van der Waals surface area contributed by atoms with Crippen LogP contribution in [-0.4, -0.2) is 9.97 Å². The Morgan fingerprint density at radius 3 is 2.58 bits per heavy atom. The molecule has 0 aliphatic rings. The molecule has 0 aliphatic carbocycles. The van der Waals surface area contributed by atoms with Crippen molar-refractivity contribution in [1.82, 2.24) is 9.97 Å². The predicted molar refractivity (Wildman–Crippen MR) is 153 cm³/mol. The first kappa shape index (κ1) is 27.1. The molecule has 5 rings (SSSR count). The van der Waals surface area contributed by atoms with Gasteiger partial charge in [-0.3, -0.25) is 0 Å². The second-order valence-corrected chi connectivity index (χ2v) is 10.6. The van der Waals surface area contributed by atoms with Crippen molar-refractivity contribution in [2.75, 3.05) is 5.32 Å². The normalized spacial score (nSPS) is 11.3. The van der Waals surface area contributed by atoms with Gasteiger partial charge in [0.25, 0.3) is 0 Å². The molecule has 2 aromatic heterocycles. The molecule has 7 heteroatoms. The zero-order valence-corrected chi connectivity index (χ0v) is 21.6. The number of rotatable bonds is 7. The van der Waals surface area contributed by atoms with Crippen LogP contribution in [0.5, 0.6) is 5.75 Å². The SMILES string of the molecule is C.CC(C)(C)Cc1ccc(-c2ccc3ncnc(Nc4ccc(OCc5cccc(F)c5)c(Cl)c4)c3c2)o1. The number of benzene rings is 3. The molecular formula is C31H31ClFN3O2. The maximum atomic E-state index is 13.4. The number of fused-ring (bicyclic) bond motifs is 1. The summed E-state index contributed by atoms with van der Waals surface area (Å²) in [5.41, 5.74) is 3.38. The number of aromatic nitrogens is 2. The van der Waals surface area contributed by atoms with Crippen molar-refractivity contribution < 1.29 is 13.5 Å². The van der Waals surface area contributed by atoms with Gasteiger partial charge in [-0.2, -0.15) is 0 Å². The Morgan fingerprint density at radius 1 is 0.974 bits per heavy atom. The summed E-state index contributed by atoms with van der Waals surface area (Å²) in [4.78, 5) is 8.87. The average molecular weight is 532 g/mol. The summed E-state index contributed by atoms with van der Waals surface area (Å²) in [7, 11) is 0. The van der Waals surface area contributed by atoms with E-state index >= 15 is 0 Å². The van der Waals surface area contributed by atoms with Gasteiger partial charge in [-0.05, 0) is 71.6 Å². The second-order valence-electron chi connectivity index (χ2n) is 10.1. The van der Waals surface area contributed by atoms with Gasteiger partial charge in [-0.25, -0.2) is 14.4 Å². The fourth-order valence-corrected chi connectivity index (χ4v) is 4.32. The molecule has 0 bridgehead atoms. The highest BCUT2D eigenvalue weighted by Crippen LogP contribution is 2.33. The van der Waals surface area contributed by atoms with Crippen molar-refractivity contribution in [3.63, 3.8) is 0 Å². The van der Waals surface area contributed by atoms with Crippen LogP contribution in [0.4, 0.5) is 15.9 Å². The number of hydrogen-bond donors (Lipinski definition) is 1. The standard InChI is InChI=1S/C30H27ClFN3O2.CH4/c1-30(2,3)16-23-9-12-27(37-23)20-7-10-26-24(14-20)29(34-18-33-26)35-22-8-11-28(25(31)15-22)36-17-19-5-4-6-21(32)13-19;/h4-15,18H,16-17H2,1-3H3,(H,33,34,35);1H4. The van der Waals surface area contributed by atoms with Gasteiger partial charge in [0.05, 0.1) is 10.5 Å². The van der Waals surface area contributed by atoms with E-state index in [1.165, 1.54) is 18.5 Å². The predicted octanol–water partition coefficient (Wildman–Crippen LogP) is 9.23. The van der Waals surface area contributed by atoms with Gasteiger partial charge in [-0.1, -0.05) is 51.9 Å². The van der Waals surface area contributed by atoms with Gasteiger partial charge < -0.3 is 14.5 Å². The molecule has 0 amide bonds. The third-order valence-corrected chi connectivity index (χ3v) is 6.06. The first-order valence-corrected chi connectivity index (χ1v) is 12.4. The van der Waals surface area contributed by atoms with Crippen molar-refractivity contribution in [3.8, 4) is 17.1 Å². The highest BCUT2D eigenvalue weighted by molar-refractivity contribution is 6.32. The summed E-state index contributed by atoms with van der Waals surface area (Å²) in [5.74, 6) is 2.62. The Balaban J connectivity index is 0.00000336. The molecule has 5 aromatic rings. The van der Waals surface area contributed by atoms with E-state index in [4.69, 9.17) is 20.8 Å². The molecule has 0 unspecified atom stereocenters. The van der Waals surface area contributed by atoms with Crippen LogP contribution >= 0.6 is 11.6 Å². The summed E-state index contributed by atoms with van der Waals surface area (Å²) in [6.07, 6.45) is 2.38. The van der Waals surface area contributed by atoms with Crippen molar-refractivity contribution in [2.24, 2.45) is 5.41 Å². The van der Waals surface area contributed by atoms with Crippen molar-refractivity contribution in [2.45, 2.75) is 41.2 Å². The summed E-state index contributed by atoms with van der Waals surface area (Å²) in [6.45, 7) is 6.79. The highest BCUT2D eigenvalue weighted by Gasteiger charge is 2.15. The summed E-state index contributed by atoms with van der Waals surface area (Å²) in [5, 5.41) is 4.63. The maximum Gasteiger partial charge on any atom is 0.141 e. The molecule has 0 fully saturated rings. The van der Waals surface area contributed by atoms with Gasteiger partial charge in [0.1, 0.15) is 41.8 Å². The smallest absolute Gasteiger partial charge is 0.141 e. The third-order valence-electron chi connectivity index (χ3n) is 5.76. The number of anilines is 2. The summed E-state index contributed by atoms with van der Waals surface area (Å²) >= 11 is 6.48. The molecule has 3 aromatic carbocycles. The van der Waals surface area contributed by atoms with E-state index in [1.54, 1.807) is 24.3 Å². The van der Waals surface area contributed by atoms with E-state index in [1.807, 2.05) is 36.4 Å². The minimum Gasteiger partial charge on any atom is -0.487 e. The van der Waals surface area contributed by atoms with Gasteiger partial charge in [0.15, 0.2) is 0 Å². The monoisotopic (exact) mass is 531 g/mol. The van der Waals surface area contributed by atoms with Crippen LogP contribution in [0, 0.1) is 11.2 Å². The van der Waals surface area contributed by atoms with Crippen LogP contribution in [0.15, 0.2) is 83.5 Å². The molecule has 1 N–H and O–H groups in total. The molecule has 0 saturated carbocycles. The number of furan rings is 1. The van der Waals surface area contributed by atoms with Crippen molar-refractivity contribution >= 4 is 34.0 Å². The number of ether oxygens (including phenoxy) is 1. The van der Waals surface area contributed by atoms with Crippen LogP contribution < -0.4 is 10.1 Å². The van der Waals surface area contributed by atoms with Gasteiger partial charge in [-0.15, -0.1) is 0 Å². The zero-order chi connectivity index (χ0) is 26.0. The van der Waals surface area contributed by atoms with E-state index in [0.29, 0.717) is 16.6 Å². The van der Waals surface area contributed by atoms with E-state index in [-0.39, 0.29) is 25.3 Å². The topological polar surface area (TPSA) is 60.2 Å². The fraction of sp³-hybridized carbons (Fsp3) is 0.226. The Bertz CT molecular complexity index is 1560. The minimum atomic E-state index is -0.302. The molecule has 196 valence electrons. The highest BCUT2D eigenvalue weighted by atomic mass is 35.5. The molecule has 38 heavy (non-hydrogen) atoms. The molecule has 0 saturated heterocycles. The molecule has 0 atom stereocenters. The maximum absolute atomic E-state index is 13.4. The molecule has 0 aliphatic heterocycles. The van der Waals surface area contributed by atoms with Crippen LogP contribution in [0.2, 0.25) is 5.02 Å². The van der Waals surface area contributed by atoms with Crippen molar-refractivity contribution in [1.29, 1.82) is 0 Å². The molecule has 0 radical (unpaired) electrons. The second kappa shape index (κ2) is 11.2. The molecule has 5 nitrogen and oxygen atoms in total. The Morgan fingerprint density at radius 2 is 1.82 bits per heavy atom. The summed E-state index contributed by atoms with van der Waals surface area (Å²) in [6, 6.07) is 21.7. The van der Waals surface area contributed by atoms with Crippen molar-refractivity contribution in [3.05, 3.63) is 101 Å².